The van der Waals surface area contributed by atoms with Gasteiger partial charge in [-0.2, -0.15) is 0 Å². The van der Waals surface area contributed by atoms with Gasteiger partial charge >= 0.3 is 0 Å². The summed E-state index contributed by atoms with van der Waals surface area (Å²) in [7, 11) is 0. The van der Waals surface area contributed by atoms with E-state index in [1.54, 1.807) is 6.92 Å². The summed E-state index contributed by atoms with van der Waals surface area (Å²) in [5.41, 5.74) is 0.0305. The molecule has 82 valence electrons. The zero-order valence-electron chi connectivity index (χ0n) is 9.24. The third-order valence-corrected chi connectivity index (χ3v) is 3.46. The van der Waals surface area contributed by atoms with Gasteiger partial charge in [-0.25, -0.2) is 0 Å². The first kappa shape index (κ1) is 10.4. The molecule has 0 aromatic carbocycles. The zero-order valence-corrected chi connectivity index (χ0v) is 9.24. The second-order valence-corrected chi connectivity index (χ2v) is 4.43. The summed E-state index contributed by atoms with van der Waals surface area (Å²) in [6.45, 7) is 6.09. The van der Waals surface area contributed by atoms with Crippen LogP contribution in [0.4, 0.5) is 0 Å². The molecular formula is C11H15NO3. The number of amides is 2. The largest absolute Gasteiger partial charge is 0.376 e. The minimum absolute atomic E-state index is 0.0929. The SMILES string of the molecule is CC1=CC(=O)N(C2(C)CCOC2C)C1=O. The van der Waals surface area contributed by atoms with Gasteiger partial charge in [0.1, 0.15) is 0 Å². The van der Waals surface area contributed by atoms with E-state index in [4.69, 9.17) is 4.74 Å². The zero-order chi connectivity index (χ0) is 11.2. The van der Waals surface area contributed by atoms with Gasteiger partial charge in [0, 0.05) is 18.3 Å². The fourth-order valence-corrected chi connectivity index (χ4v) is 2.19. The smallest absolute Gasteiger partial charge is 0.257 e. The van der Waals surface area contributed by atoms with Gasteiger partial charge in [-0.15, -0.1) is 0 Å². The lowest BCUT2D eigenvalue weighted by Crippen LogP contribution is -2.54. The maximum Gasteiger partial charge on any atom is 0.257 e. The van der Waals surface area contributed by atoms with Gasteiger partial charge < -0.3 is 4.74 Å². The first-order valence-corrected chi connectivity index (χ1v) is 5.15. The Kier molecular flexibility index (Phi) is 2.19. The predicted octanol–water partition coefficient (Wildman–Crippen LogP) is 0.869. The molecule has 0 saturated carbocycles. The molecule has 1 fully saturated rings. The van der Waals surface area contributed by atoms with Crippen LogP contribution in [0.2, 0.25) is 0 Å². The second-order valence-electron chi connectivity index (χ2n) is 4.43. The van der Waals surface area contributed by atoms with E-state index in [1.165, 1.54) is 11.0 Å². The molecule has 0 N–H and O–H groups in total. The fraction of sp³-hybridized carbons (Fsp3) is 0.636. The van der Waals surface area contributed by atoms with Crippen LogP contribution >= 0.6 is 0 Å². The molecule has 0 aliphatic carbocycles. The molecular weight excluding hydrogens is 194 g/mol. The van der Waals surface area contributed by atoms with Crippen molar-refractivity contribution >= 4 is 11.8 Å². The molecule has 2 rings (SSSR count). The molecule has 2 atom stereocenters. The van der Waals surface area contributed by atoms with Crippen LogP contribution < -0.4 is 0 Å². The number of nitrogens with zero attached hydrogens (tertiary/aromatic N) is 1. The molecule has 0 bridgehead atoms. The van der Waals surface area contributed by atoms with Crippen molar-refractivity contribution in [3.8, 4) is 0 Å². The third-order valence-electron chi connectivity index (χ3n) is 3.46. The monoisotopic (exact) mass is 209 g/mol. The Morgan fingerprint density at radius 3 is 2.60 bits per heavy atom. The van der Waals surface area contributed by atoms with Crippen molar-refractivity contribution < 1.29 is 14.3 Å². The highest BCUT2D eigenvalue weighted by atomic mass is 16.5. The first-order valence-electron chi connectivity index (χ1n) is 5.15. The maximum atomic E-state index is 11.8. The lowest BCUT2D eigenvalue weighted by atomic mass is 9.92. The maximum absolute atomic E-state index is 11.8. The lowest BCUT2D eigenvalue weighted by molar-refractivity contribution is -0.145. The predicted molar refractivity (Wildman–Crippen MR) is 54.0 cm³/mol. The van der Waals surface area contributed by atoms with Crippen molar-refractivity contribution in [2.75, 3.05) is 6.61 Å². The minimum Gasteiger partial charge on any atom is -0.376 e. The quantitative estimate of drug-likeness (QED) is 0.602. The van der Waals surface area contributed by atoms with Crippen molar-refractivity contribution in [3.05, 3.63) is 11.6 Å². The summed E-state index contributed by atoms with van der Waals surface area (Å²) in [6.07, 6.45) is 2.02. The molecule has 2 heterocycles. The number of hydrogen-bond donors (Lipinski definition) is 0. The van der Waals surface area contributed by atoms with E-state index in [0.29, 0.717) is 18.6 Å². The van der Waals surface area contributed by atoms with Crippen molar-refractivity contribution in [2.45, 2.75) is 38.8 Å². The molecule has 0 aromatic rings. The molecule has 1 saturated heterocycles. The third kappa shape index (κ3) is 1.32. The van der Waals surface area contributed by atoms with Crippen LogP contribution in [0.5, 0.6) is 0 Å². The molecule has 4 heteroatoms. The van der Waals surface area contributed by atoms with Crippen molar-refractivity contribution in [3.63, 3.8) is 0 Å². The summed E-state index contributed by atoms with van der Waals surface area (Å²) >= 11 is 0. The topological polar surface area (TPSA) is 46.6 Å². The van der Waals surface area contributed by atoms with E-state index in [-0.39, 0.29) is 17.9 Å². The van der Waals surface area contributed by atoms with Gasteiger partial charge in [-0.1, -0.05) is 0 Å². The molecule has 15 heavy (non-hydrogen) atoms. The van der Waals surface area contributed by atoms with E-state index in [9.17, 15) is 9.59 Å². The summed E-state index contributed by atoms with van der Waals surface area (Å²) < 4.78 is 5.44. The Morgan fingerprint density at radius 1 is 1.53 bits per heavy atom. The van der Waals surface area contributed by atoms with Gasteiger partial charge in [0.05, 0.1) is 11.6 Å². The van der Waals surface area contributed by atoms with E-state index in [0.717, 1.165) is 0 Å². The number of hydrogen-bond acceptors (Lipinski definition) is 3. The van der Waals surface area contributed by atoms with Gasteiger partial charge in [-0.3, -0.25) is 14.5 Å². The first-order chi connectivity index (χ1) is 6.97. The van der Waals surface area contributed by atoms with Crippen molar-refractivity contribution in [1.29, 1.82) is 0 Å². The fourth-order valence-electron chi connectivity index (χ4n) is 2.19. The Hall–Kier alpha value is -1.16. The van der Waals surface area contributed by atoms with E-state index in [2.05, 4.69) is 0 Å². The van der Waals surface area contributed by atoms with E-state index < -0.39 is 5.54 Å². The standard InChI is InChI=1S/C11H15NO3/c1-7-6-9(13)12(10(7)14)11(3)4-5-15-8(11)2/h6,8H,4-5H2,1-3H3. The molecule has 2 amide bonds. The Balaban J connectivity index is 2.33. The molecule has 0 radical (unpaired) electrons. The van der Waals surface area contributed by atoms with Crippen LogP contribution in [0.1, 0.15) is 27.2 Å². The van der Waals surface area contributed by atoms with Crippen LogP contribution in [-0.2, 0) is 14.3 Å². The van der Waals surface area contributed by atoms with Gasteiger partial charge in [0.2, 0.25) is 0 Å². The average molecular weight is 209 g/mol. The molecule has 4 nitrogen and oxygen atoms in total. The Labute approximate surface area is 88.9 Å². The lowest BCUT2D eigenvalue weighted by Gasteiger charge is -2.36. The molecule has 2 unspecified atom stereocenters. The average Bonchev–Trinajstić information content (AvgIpc) is 2.58. The molecule has 0 spiro atoms. The van der Waals surface area contributed by atoms with Gasteiger partial charge in [0.15, 0.2) is 0 Å². The number of carbonyl (C=O) groups excluding carboxylic acids is 2. The highest BCUT2D eigenvalue weighted by Gasteiger charge is 2.49. The Morgan fingerprint density at radius 2 is 2.20 bits per heavy atom. The molecule has 2 aliphatic heterocycles. The van der Waals surface area contributed by atoms with Crippen LogP contribution in [-0.4, -0.2) is 35.0 Å². The second kappa shape index (κ2) is 3.17. The van der Waals surface area contributed by atoms with Crippen molar-refractivity contribution in [1.82, 2.24) is 4.90 Å². The van der Waals surface area contributed by atoms with Crippen LogP contribution in [0.25, 0.3) is 0 Å². The van der Waals surface area contributed by atoms with Crippen molar-refractivity contribution in [2.24, 2.45) is 0 Å². The highest BCUT2D eigenvalue weighted by Crippen LogP contribution is 2.35. The molecule has 2 aliphatic rings. The van der Waals surface area contributed by atoms with Crippen LogP contribution in [0, 0.1) is 0 Å². The van der Waals surface area contributed by atoms with Gasteiger partial charge in [0.25, 0.3) is 11.8 Å². The number of carbonyl (C=O) groups is 2. The number of ether oxygens (including phenoxy) is 1. The minimum atomic E-state index is -0.484. The molecule has 0 aromatic heterocycles. The summed E-state index contributed by atoms with van der Waals surface area (Å²) in [4.78, 5) is 24.9. The number of rotatable bonds is 1. The van der Waals surface area contributed by atoms with Crippen LogP contribution in [0.15, 0.2) is 11.6 Å². The summed E-state index contributed by atoms with van der Waals surface area (Å²) in [5.74, 6) is -0.391. The summed E-state index contributed by atoms with van der Waals surface area (Å²) in [5, 5.41) is 0. The Bertz CT molecular complexity index is 361. The normalized spacial score (nSPS) is 36.3. The van der Waals surface area contributed by atoms with E-state index in [1.807, 2.05) is 13.8 Å². The highest BCUT2D eigenvalue weighted by molar-refractivity contribution is 6.16. The van der Waals surface area contributed by atoms with Gasteiger partial charge in [-0.05, 0) is 27.2 Å². The number of imide groups is 1. The summed E-state index contributed by atoms with van der Waals surface area (Å²) in [6, 6.07) is 0. The van der Waals surface area contributed by atoms with E-state index >= 15 is 0 Å². The van der Waals surface area contributed by atoms with Crippen LogP contribution in [0.3, 0.4) is 0 Å².